The van der Waals surface area contributed by atoms with Gasteiger partial charge in [-0.3, -0.25) is 4.79 Å². The number of carboxylic acid groups (broad SMARTS) is 1. The molecule has 108 valence electrons. The quantitative estimate of drug-likeness (QED) is 0.776. The normalized spacial score (nSPS) is 21.1. The molecule has 2 aliphatic rings. The number of carbonyl (C=O) groups is 2. The van der Waals surface area contributed by atoms with Crippen LogP contribution in [0.2, 0.25) is 0 Å². The minimum Gasteiger partial charge on any atom is -0.481 e. The van der Waals surface area contributed by atoms with E-state index in [1.165, 1.54) is 12.8 Å². The molecule has 0 bridgehead atoms. The highest BCUT2D eigenvalue weighted by Crippen LogP contribution is 2.33. The Kier molecular flexibility index (Phi) is 4.32. The number of urea groups is 1. The van der Waals surface area contributed by atoms with Crippen molar-refractivity contribution in [1.82, 2.24) is 10.2 Å². The fraction of sp³-hybridized carbons (Fsp3) is 0.857. The van der Waals surface area contributed by atoms with Gasteiger partial charge in [-0.25, -0.2) is 4.79 Å². The van der Waals surface area contributed by atoms with Crippen LogP contribution in [0.1, 0.15) is 51.9 Å². The fourth-order valence-corrected chi connectivity index (χ4v) is 2.96. The Morgan fingerprint density at radius 1 is 1.32 bits per heavy atom. The van der Waals surface area contributed by atoms with Gasteiger partial charge >= 0.3 is 12.0 Å². The largest absolute Gasteiger partial charge is 0.481 e. The van der Waals surface area contributed by atoms with Gasteiger partial charge in [-0.1, -0.05) is 12.8 Å². The number of carbonyl (C=O) groups excluding carboxylic acids is 1. The molecule has 0 aromatic rings. The van der Waals surface area contributed by atoms with Gasteiger partial charge in [-0.05, 0) is 38.5 Å². The van der Waals surface area contributed by atoms with Gasteiger partial charge in [0.15, 0.2) is 0 Å². The molecule has 0 atom stereocenters. The zero-order valence-electron chi connectivity index (χ0n) is 11.7. The molecule has 0 radical (unpaired) electrons. The number of nitrogens with zero attached hydrogens (tertiary/aromatic N) is 1. The van der Waals surface area contributed by atoms with E-state index in [0.717, 1.165) is 32.2 Å². The molecule has 2 fully saturated rings. The van der Waals surface area contributed by atoms with E-state index in [1.807, 2.05) is 11.8 Å². The van der Waals surface area contributed by atoms with E-state index in [0.29, 0.717) is 12.5 Å². The molecule has 19 heavy (non-hydrogen) atoms. The third-order valence-corrected chi connectivity index (χ3v) is 4.27. The lowest BCUT2D eigenvalue weighted by Crippen LogP contribution is -2.53. The van der Waals surface area contributed by atoms with Gasteiger partial charge in [0, 0.05) is 13.1 Å². The molecule has 2 rings (SSSR count). The first kappa shape index (κ1) is 14.2. The van der Waals surface area contributed by atoms with Crippen LogP contribution in [0.4, 0.5) is 4.79 Å². The van der Waals surface area contributed by atoms with E-state index in [1.54, 1.807) is 0 Å². The number of aliphatic carboxylic acids is 1. The summed E-state index contributed by atoms with van der Waals surface area (Å²) in [6.07, 6.45) is 6.04. The summed E-state index contributed by atoms with van der Waals surface area (Å²) < 4.78 is 0. The second-order valence-electron chi connectivity index (χ2n) is 5.97. The summed E-state index contributed by atoms with van der Waals surface area (Å²) in [6.45, 7) is 3.47. The SMILES string of the molecule is CCN(CC1CC1)C(=O)NC1(CC(=O)O)CCCC1. The number of hydrogen-bond donors (Lipinski definition) is 2. The van der Waals surface area contributed by atoms with Crippen LogP contribution < -0.4 is 5.32 Å². The molecule has 0 aromatic carbocycles. The highest BCUT2D eigenvalue weighted by Gasteiger charge is 2.38. The lowest BCUT2D eigenvalue weighted by Gasteiger charge is -2.32. The minimum absolute atomic E-state index is 0.0414. The number of hydrogen-bond acceptors (Lipinski definition) is 2. The lowest BCUT2D eigenvalue weighted by molar-refractivity contribution is -0.138. The molecule has 2 aliphatic carbocycles. The molecule has 0 saturated heterocycles. The summed E-state index contributed by atoms with van der Waals surface area (Å²) in [5.41, 5.74) is -0.514. The minimum atomic E-state index is -0.826. The topological polar surface area (TPSA) is 69.6 Å². The maximum absolute atomic E-state index is 12.3. The number of carboxylic acids is 1. The molecule has 0 unspecified atom stereocenters. The van der Waals surface area contributed by atoms with Crippen molar-refractivity contribution in [2.45, 2.75) is 57.4 Å². The predicted octanol–water partition coefficient (Wildman–Crippen LogP) is 2.22. The number of nitrogens with one attached hydrogen (secondary N) is 1. The molecule has 2 N–H and O–H groups in total. The molecule has 0 aromatic heterocycles. The Morgan fingerprint density at radius 2 is 1.95 bits per heavy atom. The van der Waals surface area contributed by atoms with Crippen LogP contribution in [0, 0.1) is 5.92 Å². The summed E-state index contributed by atoms with van der Waals surface area (Å²) in [5, 5.41) is 12.1. The highest BCUT2D eigenvalue weighted by molar-refractivity contribution is 5.77. The van der Waals surface area contributed by atoms with Crippen LogP contribution in [0.3, 0.4) is 0 Å². The van der Waals surface area contributed by atoms with E-state index in [9.17, 15) is 9.59 Å². The second kappa shape index (κ2) is 5.80. The molecule has 5 heteroatoms. The van der Waals surface area contributed by atoms with Crippen LogP contribution in [-0.4, -0.2) is 40.6 Å². The summed E-state index contributed by atoms with van der Waals surface area (Å²) in [6, 6.07) is -0.0856. The number of rotatable bonds is 6. The Balaban J connectivity index is 1.94. The Hall–Kier alpha value is -1.26. The molecule has 0 heterocycles. The van der Waals surface area contributed by atoms with E-state index in [-0.39, 0.29) is 12.5 Å². The molecule has 0 aliphatic heterocycles. The Bertz CT molecular complexity index is 347. The zero-order chi connectivity index (χ0) is 13.9. The van der Waals surface area contributed by atoms with Gasteiger partial charge in [0.2, 0.25) is 0 Å². The summed E-state index contributed by atoms with van der Waals surface area (Å²) in [4.78, 5) is 25.1. The fourth-order valence-electron chi connectivity index (χ4n) is 2.96. The maximum Gasteiger partial charge on any atom is 0.317 e. The summed E-state index contributed by atoms with van der Waals surface area (Å²) >= 11 is 0. The molecule has 0 spiro atoms. The summed E-state index contributed by atoms with van der Waals surface area (Å²) in [5.74, 6) is -0.169. The van der Waals surface area contributed by atoms with Crippen molar-refractivity contribution >= 4 is 12.0 Å². The van der Waals surface area contributed by atoms with Crippen LogP contribution >= 0.6 is 0 Å². The number of amides is 2. The van der Waals surface area contributed by atoms with Crippen molar-refractivity contribution < 1.29 is 14.7 Å². The molecule has 2 saturated carbocycles. The van der Waals surface area contributed by atoms with Crippen LogP contribution in [0.5, 0.6) is 0 Å². The van der Waals surface area contributed by atoms with E-state index < -0.39 is 11.5 Å². The molecular formula is C14H24N2O3. The van der Waals surface area contributed by atoms with Gasteiger partial charge in [0.25, 0.3) is 0 Å². The Morgan fingerprint density at radius 3 is 2.42 bits per heavy atom. The van der Waals surface area contributed by atoms with E-state index in [2.05, 4.69) is 5.32 Å². The standard InChI is InChI=1S/C14H24N2O3/c1-2-16(10-11-5-6-11)13(19)15-14(9-12(17)18)7-3-4-8-14/h11H,2-10H2,1H3,(H,15,19)(H,17,18). The van der Waals surface area contributed by atoms with Crippen molar-refractivity contribution in [3.8, 4) is 0 Å². The lowest BCUT2D eigenvalue weighted by atomic mass is 9.93. The molecular weight excluding hydrogens is 244 g/mol. The van der Waals surface area contributed by atoms with E-state index in [4.69, 9.17) is 5.11 Å². The third-order valence-electron chi connectivity index (χ3n) is 4.27. The predicted molar refractivity (Wildman–Crippen MR) is 72.0 cm³/mol. The monoisotopic (exact) mass is 268 g/mol. The van der Waals surface area contributed by atoms with Crippen molar-refractivity contribution in [2.75, 3.05) is 13.1 Å². The van der Waals surface area contributed by atoms with Gasteiger partial charge in [0.05, 0.1) is 12.0 Å². The van der Waals surface area contributed by atoms with Crippen molar-refractivity contribution in [2.24, 2.45) is 5.92 Å². The smallest absolute Gasteiger partial charge is 0.317 e. The maximum atomic E-state index is 12.3. The van der Waals surface area contributed by atoms with Crippen molar-refractivity contribution in [1.29, 1.82) is 0 Å². The van der Waals surface area contributed by atoms with Crippen LogP contribution in [-0.2, 0) is 4.79 Å². The average molecular weight is 268 g/mol. The third kappa shape index (κ3) is 3.85. The van der Waals surface area contributed by atoms with Crippen LogP contribution in [0.15, 0.2) is 0 Å². The van der Waals surface area contributed by atoms with Gasteiger partial charge in [0.1, 0.15) is 0 Å². The first-order chi connectivity index (χ1) is 9.04. The van der Waals surface area contributed by atoms with Gasteiger partial charge in [-0.15, -0.1) is 0 Å². The highest BCUT2D eigenvalue weighted by atomic mass is 16.4. The average Bonchev–Trinajstić information content (AvgIpc) is 3.06. The van der Waals surface area contributed by atoms with Gasteiger partial charge < -0.3 is 15.3 Å². The van der Waals surface area contributed by atoms with Gasteiger partial charge in [-0.2, -0.15) is 0 Å². The summed E-state index contributed by atoms with van der Waals surface area (Å²) in [7, 11) is 0. The first-order valence-corrected chi connectivity index (χ1v) is 7.33. The van der Waals surface area contributed by atoms with Crippen LogP contribution in [0.25, 0.3) is 0 Å². The second-order valence-corrected chi connectivity index (χ2v) is 5.97. The van der Waals surface area contributed by atoms with E-state index >= 15 is 0 Å². The van der Waals surface area contributed by atoms with Crippen molar-refractivity contribution in [3.05, 3.63) is 0 Å². The molecule has 2 amide bonds. The first-order valence-electron chi connectivity index (χ1n) is 7.33. The Labute approximate surface area is 114 Å². The zero-order valence-corrected chi connectivity index (χ0v) is 11.7. The van der Waals surface area contributed by atoms with Crippen molar-refractivity contribution in [3.63, 3.8) is 0 Å². The molecule has 5 nitrogen and oxygen atoms in total.